The molecule has 8 heteroatoms. The average Bonchev–Trinajstić information content (AvgIpc) is 2.65. The minimum absolute atomic E-state index is 0.0150. The number of carbonyl (C=O) groups is 1. The van der Waals surface area contributed by atoms with Crippen LogP contribution in [-0.4, -0.2) is 23.7 Å². The first-order chi connectivity index (χ1) is 13.6. The highest BCUT2D eigenvalue weighted by molar-refractivity contribution is 6.32. The van der Waals surface area contributed by atoms with Crippen molar-refractivity contribution in [2.24, 2.45) is 0 Å². The number of carboxylic acid groups (broad SMARTS) is 1. The van der Waals surface area contributed by atoms with Crippen LogP contribution in [0.1, 0.15) is 36.5 Å². The third-order valence-corrected chi connectivity index (χ3v) is 4.91. The lowest BCUT2D eigenvalue weighted by atomic mass is 9.98. The topological polar surface area (TPSA) is 58.6 Å². The Labute approximate surface area is 170 Å². The van der Waals surface area contributed by atoms with Crippen molar-refractivity contribution in [2.75, 3.05) is 11.9 Å². The molecule has 4 nitrogen and oxygen atoms in total. The van der Waals surface area contributed by atoms with Gasteiger partial charge in [0.05, 0.1) is 17.8 Å². The summed E-state index contributed by atoms with van der Waals surface area (Å²) in [7, 11) is 0. The van der Waals surface area contributed by atoms with Gasteiger partial charge in [0.2, 0.25) is 0 Å². The molecule has 2 N–H and O–H groups in total. The van der Waals surface area contributed by atoms with Gasteiger partial charge in [-0.1, -0.05) is 29.8 Å². The summed E-state index contributed by atoms with van der Waals surface area (Å²) >= 11 is 6.06. The Morgan fingerprint density at radius 2 is 2.10 bits per heavy atom. The molecule has 0 aromatic heterocycles. The first kappa shape index (κ1) is 21.0. The van der Waals surface area contributed by atoms with Crippen LogP contribution in [0.3, 0.4) is 0 Å². The molecule has 0 unspecified atom stereocenters. The second-order valence-corrected chi connectivity index (χ2v) is 7.20. The van der Waals surface area contributed by atoms with Crippen LogP contribution in [0.25, 0.3) is 11.6 Å². The monoisotopic (exact) mass is 425 g/mol. The largest absolute Gasteiger partial charge is 0.486 e. The van der Waals surface area contributed by atoms with Crippen molar-refractivity contribution in [3.63, 3.8) is 0 Å². The fourth-order valence-corrected chi connectivity index (χ4v) is 3.58. The lowest BCUT2D eigenvalue weighted by molar-refractivity contribution is -0.138. The summed E-state index contributed by atoms with van der Waals surface area (Å²) in [6.45, 7) is 2.04. The zero-order valence-electron chi connectivity index (χ0n) is 15.5. The number of nitrogens with one attached hydrogen (secondary N) is 1. The number of benzene rings is 2. The molecule has 1 heterocycles. The lowest BCUT2D eigenvalue weighted by Gasteiger charge is -2.27. The summed E-state index contributed by atoms with van der Waals surface area (Å²) in [5.41, 5.74) is 0.957. The standard InChI is InChI=1S/C21H19ClF3NO3/c1-12(20-15(21(23,24)25)3-2-4-16(20)22)9-13-5-7-18-17(10-13)26-11-14(29-18)6-8-19(27)28/h2-5,7,9-10,14,26H,6,8,11H2,1H3,(H,27,28)/b12-9+/t14-/m0/s1. The molecule has 0 saturated heterocycles. The number of fused-ring (bicyclic) bond motifs is 1. The van der Waals surface area contributed by atoms with E-state index < -0.39 is 17.7 Å². The number of hydrogen-bond acceptors (Lipinski definition) is 3. The molecule has 29 heavy (non-hydrogen) atoms. The Morgan fingerprint density at radius 3 is 2.79 bits per heavy atom. The fourth-order valence-electron chi connectivity index (χ4n) is 3.25. The van der Waals surface area contributed by atoms with Crippen LogP contribution in [-0.2, 0) is 11.0 Å². The molecule has 2 aromatic carbocycles. The molecular weight excluding hydrogens is 407 g/mol. The van der Waals surface area contributed by atoms with Crippen LogP contribution in [0.4, 0.5) is 18.9 Å². The molecule has 0 aliphatic carbocycles. The predicted molar refractivity (Wildman–Crippen MR) is 106 cm³/mol. The number of ether oxygens (including phenoxy) is 1. The average molecular weight is 426 g/mol. The smallest absolute Gasteiger partial charge is 0.417 e. The van der Waals surface area contributed by atoms with Gasteiger partial charge in [-0.2, -0.15) is 13.2 Å². The number of halogens is 4. The van der Waals surface area contributed by atoms with E-state index in [1.807, 2.05) is 0 Å². The minimum atomic E-state index is -4.51. The van der Waals surface area contributed by atoms with E-state index in [0.29, 0.717) is 35.5 Å². The molecule has 0 spiro atoms. The van der Waals surface area contributed by atoms with E-state index in [1.165, 1.54) is 12.1 Å². The highest BCUT2D eigenvalue weighted by Crippen LogP contribution is 2.39. The lowest BCUT2D eigenvalue weighted by Crippen LogP contribution is -2.31. The van der Waals surface area contributed by atoms with Gasteiger partial charge in [-0.05, 0) is 48.7 Å². The number of aliphatic carboxylic acids is 1. The molecule has 0 radical (unpaired) electrons. The molecule has 3 rings (SSSR count). The van der Waals surface area contributed by atoms with Crippen LogP contribution < -0.4 is 10.1 Å². The second kappa shape index (κ2) is 8.37. The van der Waals surface area contributed by atoms with Crippen molar-refractivity contribution >= 4 is 34.9 Å². The molecule has 0 fully saturated rings. The highest BCUT2D eigenvalue weighted by Gasteiger charge is 2.34. The molecule has 0 saturated carbocycles. The third kappa shape index (κ3) is 5.03. The molecular formula is C21H19ClF3NO3. The Bertz CT molecular complexity index is 957. The predicted octanol–water partition coefficient (Wildman–Crippen LogP) is 5.96. The number of rotatable bonds is 5. The third-order valence-electron chi connectivity index (χ3n) is 4.59. The zero-order valence-corrected chi connectivity index (χ0v) is 16.3. The van der Waals surface area contributed by atoms with E-state index in [0.717, 1.165) is 6.07 Å². The van der Waals surface area contributed by atoms with Crippen molar-refractivity contribution in [1.29, 1.82) is 0 Å². The van der Waals surface area contributed by atoms with E-state index in [2.05, 4.69) is 5.32 Å². The summed E-state index contributed by atoms with van der Waals surface area (Å²) in [5, 5.41) is 12.0. The van der Waals surface area contributed by atoms with E-state index in [9.17, 15) is 18.0 Å². The fraction of sp³-hybridized carbons (Fsp3) is 0.286. The van der Waals surface area contributed by atoms with Crippen molar-refractivity contribution in [2.45, 2.75) is 32.0 Å². The first-order valence-electron chi connectivity index (χ1n) is 8.96. The van der Waals surface area contributed by atoms with Gasteiger partial charge in [-0.15, -0.1) is 0 Å². The van der Waals surface area contributed by atoms with Crippen molar-refractivity contribution in [3.05, 3.63) is 58.1 Å². The van der Waals surface area contributed by atoms with Crippen LogP contribution in [0.15, 0.2) is 36.4 Å². The van der Waals surface area contributed by atoms with Crippen LogP contribution in [0.2, 0.25) is 5.02 Å². The summed E-state index contributed by atoms with van der Waals surface area (Å²) < 4.78 is 45.9. The van der Waals surface area contributed by atoms with E-state index >= 15 is 0 Å². The Balaban J connectivity index is 1.85. The molecule has 154 valence electrons. The Kier molecular flexibility index (Phi) is 6.07. The number of carboxylic acids is 1. The molecule has 1 aliphatic heterocycles. The molecule has 1 atom stereocenters. The minimum Gasteiger partial charge on any atom is -0.486 e. The van der Waals surface area contributed by atoms with Gasteiger partial charge >= 0.3 is 12.1 Å². The number of anilines is 1. The van der Waals surface area contributed by atoms with Gasteiger partial charge in [-0.25, -0.2) is 0 Å². The second-order valence-electron chi connectivity index (χ2n) is 6.80. The van der Waals surface area contributed by atoms with Crippen molar-refractivity contribution in [1.82, 2.24) is 0 Å². The van der Waals surface area contributed by atoms with Gasteiger partial charge in [0.1, 0.15) is 11.9 Å². The maximum atomic E-state index is 13.4. The summed E-state index contributed by atoms with van der Waals surface area (Å²) in [6, 6.07) is 8.94. The molecule has 1 aliphatic rings. The quantitative estimate of drug-likeness (QED) is 0.580. The van der Waals surface area contributed by atoms with Gasteiger partial charge < -0.3 is 15.2 Å². The van der Waals surface area contributed by atoms with Gasteiger partial charge in [0.25, 0.3) is 0 Å². The molecule has 0 bridgehead atoms. The molecule has 2 aromatic rings. The van der Waals surface area contributed by atoms with Crippen molar-refractivity contribution < 1.29 is 27.8 Å². The van der Waals surface area contributed by atoms with E-state index in [-0.39, 0.29) is 23.1 Å². The Morgan fingerprint density at radius 1 is 1.34 bits per heavy atom. The van der Waals surface area contributed by atoms with Gasteiger partial charge in [-0.3, -0.25) is 4.79 Å². The summed E-state index contributed by atoms with van der Waals surface area (Å²) in [5.74, 6) is -0.302. The van der Waals surface area contributed by atoms with Crippen molar-refractivity contribution in [3.8, 4) is 5.75 Å². The zero-order chi connectivity index (χ0) is 21.2. The van der Waals surface area contributed by atoms with E-state index in [1.54, 1.807) is 31.2 Å². The number of allylic oxidation sites excluding steroid dienone is 1. The van der Waals surface area contributed by atoms with Gasteiger partial charge in [0, 0.05) is 17.0 Å². The van der Waals surface area contributed by atoms with Crippen LogP contribution in [0.5, 0.6) is 5.75 Å². The van der Waals surface area contributed by atoms with Crippen LogP contribution >= 0.6 is 11.6 Å². The number of alkyl halides is 3. The maximum Gasteiger partial charge on any atom is 0.417 e. The van der Waals surface area contributed by atoms with E-state index in [4.69, 9.17) is 21.4 Å². The summed E-state index contributed by atoms with van der Waals surface area (Å²) in [6.07, 6.45) is -2.73. The first-order valence-corrected chi connectivity index (χ1v) is 9.33. The number of hydrogen-bond donors (Lipinski definition) is 2. The van der Waals surface area contributed by atoms with Crippen LogP contribution in [0, 0.1) is 0 Å². The highest BCUT2D eigenvalue weighted by atomic mass is 35.5. The maximum absolute atomic E-state index is 13.4. The Hall–Kier alpha value is -2.67. The normalized spacial score (nSPS) is 16.6. The van der Waals surface area contributed by atoms with Gasteiger partial charge in [0.15, 0.2) is 0 Å². The molecule has 0 amide bonds. The summed E-state index contributed by atoms with van der Waals surface area (Å²) in [4.78, 5) is 10.7. The SMILES string of the molecule is C/C(=C\c1ccc2c(c1)NC[C@H](CCC(=O)O)O2)c1c(Cl)cccc1C(F)(F)F.